The van der Waals surface area contributed by atoms with Gasteiger partial charge in [-0.3, -0.25) is 4.79 Å². The van der Waals surface area contributed by atoms with Crippen molar-refractivity contribution in [3.63, 3.8) is 0 Å². The lowest BCUT2D eigenvalue weighted by Gasteiger charge is -2.24. The van der Waals surface area contributed by atoms with E-state index in [0.29, 0.717) is 40.0 Å². The van der Waals surface area contributed by atoms with E-state index in [1.54, 1.807) is 31.2 Å². The topological polar surface area (TPSA) is 87.6 Å². The summed E-state index contributed by atoms with van der Waals surface area (Å²) >= 11 is 0. The molecule has 0 spiro atoms. The smallest absolute Gasteiger partial charge is 0.284 e. The molecule has 8 nitrogen and oxygen atoms in total. The van der Waals surface area contributed by atoms with Crippen molar-refractivity contribution >= 4 is 11.6 Å². The van der Waals surface area contributed by atoms with Gasteiger partial charge in [-0.05, 0) is 31.2 Å². The van der Waals surface area contributed by atoms with Crippen molar-refractivity contribution in [2.75, 3.05) is 27.9 Å². The monoisotopic (exact) mass is 386 g/mol. The molecule has 0 fully saturated rings. The molecular weight excluding hydrogens is 364 g/mol. The maximum absolute atomic E-state index is 12.4. The zero-order valence-corrected chi connectivity index (χ0v) is 16.1. The molecule has 0 radical (unpaired) electrons. The molecule has 1 heterocycles. The fourth-order valence-electron chi connectivity index (χ4n) is 2.71. The number of carbonyl (C=O) groups excluding carboxylic acids is 1. The Hall–Kier alpha value is -3.42. The van der Waals surface area contributed by atoms with Crippen molar-refractivity contribution < 1.29 is 28.5 Å². The second-order valence-corrected chi connectivity index (χ2v) is 5.95. The molecule has 2 aromatic rings. The van der Waals surface area contributed by atoms with Gasteiger partial charge in [-0.25, -0.2) is 5.43 Å². The molecular formula is C20H22N2O6. The summed E-state index contributed by atoms with van der Waals surface area (Å²) in [5.74, 6) is 2.22. The molecule has 1 amide bonds. The fourth-order valence-corrected chi connectivity index (χ4v) is 2.71. The van der Waals surface area contributed by atoms with Crippen molar-refractivity contribution in [1.29, 1.82) is 0 Å². The van der Waals surface area contributed by atoms with Crippen LogP contribution >= 0.6 is 0 Å². The molecule has 28 heavy (non-hydrogen) atoms. The Morgan fingerprint density at radius 3 is 2.32 bits per heavy atom. The standard InChI is InChI=1S/C20H22N2O6/c1-12(13-9-16(24-2)19(26-4)17(10-13)25-3)21-22-20(23)18-11-27-14-7-5-6-8-15(14)28-18/h5-10,18H,11H2,1-4H3,(H,22,23)/b21-12-/t18-/m0/s1. The van der Waals surface area contributed by atoms with Crippen LogP contribution in [0.25, 0.3) is 0 Å². The van der Waals surface area contributed by atoms with Gasteiger partial charge in [0.1, 0.15) is 6.61 Å². The first-order valence-electron chi connectivity index (χ1n) is 8.60. The average Bonchev–Trinajstić information content (AvgIpc) is 2.75. The van der Waals surface area contributed by atoms with Crippen molar-refractivity contribution in [2.45, 2.75) is 13.0 Å². The van der Waals surface area contributed by atoms with E-state index in [0.717, 1.165) is 0 Å². The number of amides is 1. The number of rotatable bonds is 6. The van der Waals surface area contributed by atoms with Crippen LogP contribution in [0.5, 0.6) is 28.7 Å². The molecule has 1 atom stereocenters. The molecule has 1 N–H and O–H groups in total. The van der Waals surface area contributed by atoms with Crippen LogP contribution in [-0.2, 0) is 4.79 Å². The first-order chi connectivity index (χ1) is 13.6. The summed E-state index contributed by atoms with van der Waals surface area (Å²) in [4.78, 5) is 12.4. The quantitative estimate of drug-likeness (QED) is 0.606. The number of nitrogens with zero attached hydrogens (tertiary/aromatic N) is 1. The van der Waals surface area contributed by atoms with Gasteiger partial charge in [0, 0.05) is 5.56 Å². The van der Waals surface area contributed by atoms with E-state index >= 15 is 0 Å². The third kappa shape index (κ3) is 3.95. The van der Waals surface area contributed by atoms with E-state index in [1.165, 1.54) is 21.3 Å². The molecule has 1 aliphatic heterocycles. The van der Waals surface area contributed by atoms with Crippen LogP contribution < -0.4 is 29.1 Å². The van der Waals surface area contributed by atoms with Crippen molar-refractivity contribution in [3.05, 3.63) is 42.0 Å². The lowest BCUT2D eigenvalue weighted by atomic mass is 10.1. The normalized spacial score (nSPS) is 15.6. The Bertz CT molecular complexity index is 871. The minimum Gasteiger partial charge on any atom is -0.493 e. The number of ether oxygens (including phenoxy) is 5. The zero-order valence-electron chi connectivity index (χ0n) is 16.1. The number of para-hydroxylation sites is 2. The second-order valence-electron chi connectivity index (χ2n) is 5.95. The average molecular weight is 386 g/mol. The Labute approximate surface area is 163 Å². The van der Waals surface area contributed by atoms with Crippen molar-refractivity contribution in [3.8, 4) is 28.7 Å². The fraction of sp³-hybridized carbons (Fsp3) is 0.300. The Morgan fingerprint density at radius 2 is 1.71 bits per heavy atom. The number of hydrogen-bond donors (Lipinski definition) is 1. The van der Waals surface area contributed by atoms with Crippen LogP contribution in [0.15, 0.2) is 41.5 Å². The molecule has 2 aromatic carbocycles. The predicted molar refractivity (Wildman–Crippen MR) is 103 cm³/mol. The van der Waals surface area contributed by atoms with E-state index in [-0.39, 0.29) is 6.61 Å². The number of nitrogens with one attached hydrogen (secondary N) is 1. The highest BCUT2D eigenvalue weighted by molar-refractivity contribution is 6.00. The SMILES string of the molecule is COc1cc(/C(C)=N\NC(=O)[C@@H]2COc3ccccc3O2)cc(OC)c1OC. The minimum atomic E-state index is -0.786. The molecule has 0 saturated heterocycles. The highest BCUT2D eigenvalue weighted by Gasteiger charge is 2.27. The van der Waals surface area contributed by atoms with Gasteiger partial charge in [0.05, 0.1) is 27.0 Å². The van der Waals surface area contributed by atoms with Crippen LogP contribution in [0.2, 0.25) is 0 Å². The molecule has 0 aliphatic carbocycles. The molecule has 148 valence electrons. The molecule has 0 unspecified atom stereocenters. The summed E-state index contributed by atoms with van der Waals surface area (Å²) in [5.41, 5.74) is 3.79. The first-order valence-corrected chi connectivity index (χ1v) is 8.60. The highest BCUT2D eigenvalue weighted by Crippen LogP contribution is 2.38. The lowest BCUT2D eigenvalue weighted by Crippen LogP contribution is -2.42. The van der Waals surface area contributed by atoms with Crippen LogP contribution in [0.3, 0.4) is 0 Å². The van der Waals surface area contributed by atoms with Crippen LogP contribution in [0, 0.1) is 0 Å². The van der Waals surface area contributed by atoms with Gasteiger partial charge in [0.2, 0.25) is 11.9 Å². The summed E-state index contributed by atoms with van der Waals surface area (Å²) in [6.07, 6.45) is -0.786. The number of hydrazone groups is 1. The number of methoxy groups -OCH3 is 3. The lowest BCUT2D eigenvalue weighted by molar-refractivity contribution is -0.130. The van der Waals surface area contributed by atoms with Gasteiger partial charge in [-0.1, -0.05) is 12.1 Å². The molecule has 0 saturated carbocycles. The van der Waals surface area contributed by atoms with E-state index in [4.69, 9.17) is 23.7 Å². The summed E-state index contributed by atoms with van der Waals surface area (Å²) in [7, 11) is 4.60. The molecule has 1 aliphatic rings. The van der Waals surface area contributed by atoms with E-state index in [9.17, 15) is 4.79 Å². The minimum absolute atomic E-state index is 0.113. The summed E-state index contributed by atoms with van der Waals surface area (Å²) < 4.78 is 27.2. The molecule has 0 aromatic heterocycles. The molecule has 0 bridgehead atoms. The first kappa shape index (κ1) is 19.3. The van der Waals surface area contributed by atoms with Gasteiger partial charge in [-0.15, -0.1) is 0 Å². The number of fused-ring (bicyclic) bond motifs is 1. The Balaban J connectivity index is 1.73. The van der Waals surface area contributed by atoms with E-state index in [1.807, 2.05) is 12.1 Å². The van der Waals surface area contributed by atoms with E-state index < -0.39 is 12.0 Å². The molecule has 8 heteroatoms. The maximum atomic E-state index is 12.4. The zero-order chi connectivity index (χ0) is 20.1. The second kappa shape index (κ2) is 8.51. The number of carbonyl (C=O) groups is 1. The number of benzene rings is 2. The van der Waals surface area contributed by atoms with Crippen LogP contribution in [0.1, 0.15) is 12.5 Å². The maximum Gasteiger partial charge on any atom is 0.284 e. The van der Waals surface area contributed by atoms with Crippen molar-refractivity contribution in [2.24, 2.45) is 5.10 Å². The third-order valence-electron chi connectivity index (χ3n) is 4.22. The Kier molecular flexibility index (Phi) is 5.88. The summed E-state index contributed by atoms with van der Waals surface area (Å²) in [6, 6.07) is 10.7. The van der Waals surface area contributed by atoms with E-state index in [2.05, 4.69) is 10.5 Å². The Morgan fingerprint density at radius 1 is 1.07 bits per heavy atom. The van der Waals surface area contributed by atoms with Gasteiger partial charge in [0.25, 0.3) is 5.91 Å². The highest BCUT2D eigenvalue weighted by atomic mass is 16.6. The van der Waals surface area contributed by atoms with Crippen LogP contribution in [-0.4, -0.2) is 45.7 Å². The summed E-state index contributed by atoms with van der Waals surface area (Å²) in [6.45, 7) is 1.87. The van der Waals surface area contributed by atoms with Gasteiger partial charge in [0.15, 0.2) is 23.0 Å². The van der Waals surface area contributed by atoms with Crippen molar-refractivity contribution in [1.82, 2.24) is 5.43 Å². The summed E-state index contributed by atoms with van der Waals surface area (Å²) in [5, 5.41) is 4.16. The van der Waals surface area contributed by atoms with Crippen LogP contribution in [0.4, 0.5) is 0 Å². The van der Waals surface area contributed by atoms with Gasteiger partial charge < -0.3 is 23.7 Å². The van der Waals surface area contributed by atoms with Gasteiger partial charge >= 0.3 is 0 Å². The molecule has 3 rings (SSSR count). The van der Waals surface area contributed by atoms with Gasteiger partial charge in [-0.2, -0.15) is 5.10 Å². The predicted octanol–water partition coefficient (Wildman–Crippen LogP) is 2.39. The largest absolute Gasteiger partial charge is 0.493 e. The number of hydrogen-bond acceptors (Lipinski definition) is 7. The third-order valence-corrected chi connectivity index (χ3v) is 4.22.